The third kappa shape index (κ3) is 0.644. The molecular formula is C10H16O2. The highest BCUT2D eigenvalue weighted by atomic mass is 16.4. The molecule has 0 saturated heterocycles. The Kier molecular flexibility index (Phi) is 1.37. The molecule has 2 nitrogen and oxygen atoms in total. The van der Waals surface area contributed by atoms with Crippen LogP contribution in [0.2, 0.25) is 0 Å². The molecule has 0 heterocycles. The Morgan fingerprint density at radius 3 is 2.00 bits per heavy atom. The summed E-state index contributed by atoms with van der Waals surface area (Å²) in [6, 6.07) is 0. The molecule has 0 radical (unpaired) electrons. The molecular weight excluding hydrogens is 152 g/mol. The van der Waals surface area contributed by atoms with Gasteiger partial charge in [-0.3, -0.25) is 4.79 Å². The van der Waals surface area contributed by atoms with Gasteiger partial charge in [0.2, 0.25) is 0 Å². The minimum Gasteiger partial charge on any atom is -0.481 e. The summed E-state index contributed by atoms with van der Waals surface area (Å²) in [5.41, 5.74) is -0.337. The van der Waals surface area contributed by atoms with E-state index in [0.717, 1.165) is 25.7 Å². The molecule has 2 rings (SSSR count). The molecule has 0 aromatic heterocycles. The Bertz CT molecular complexity index is 226. The van der Waals surface area contributed by atoms with Crippen LogP contribution in [0.5, 0.6) is 0 Å². The van der Waals surface area contributed by atoms with Crippen LogP contribution in [0.1, 0.15) is 39.5 Å². The fourth-order valence-electron chi connectivity index (χ4n) is 3.28. The normalized spacial score (nSPS) is 51.3. The van der Waals surface area contributed by atoms with Crippen molar-refractivity contribution in [2.24, 2.45) is 16.7 Å². The monoisotopic (exact) mass is 168 g/mol. The second kappa shape index (κ2) is 2.04. The van der Waals surface area contributed by atoms with Crippen molar-refractivity contribution < 1.29 is 9.90 Å². The van der Waals surface area contributed by atoms with E-state index in [1.807, 2.05) is 6.92 Å². The van der Waals surface area contributed by atoms with Crippen molar-refractivity contribution >= 4 is 5.97 Å². The van der Waals surface area contributed by atoms with E-state index in [-0.39, 0.29) is 5.41 Å². The Balaban J connectivity index is 2.43. The molecule has 0 aromatic rings. The fraction of sp³-hybridized carbons (Fsp3) is 0.900. The van der Waals surface area contributed by atoms with E-state index in [9.17, 15) is 9.90 Å². The van der Waals surface area contributed by atoms with Crippen LogP contribution >= 0.6 is 0 Å². The number of aliphatic carboxylic acids is 1. The molecule has 2 bridgehead atoms. The lowest BCUT2D eigenvalue weighted by atomic mass is 9.69. The molecule has 2 aliphatic rings. The van der Waals surface area contributed by atoms with Gasteiger partial charge in [0.1, 0.15) is 0 Å². The maximum atomic E-state index is 11.2. The van der Waals surface area contributed by atoms with Crippen LogP contribution in [0, 0.1) is 16.7 Å². The molecule has 2 heteroatoms. The smallest absolute Gasteiger partial charge is 0.310 e. The standard InChI is InChI=1S/C10H16O2/c1-9-5-3-7(4-6-9)10(9,2)8(11)12/h7H,3-6H2,1-2H3,(H,11,12)/t7?,9?,10-/m0/s1. The van der Waals surface area contributed by atoms with Crippen molar-refractivity contribution in [1.29, 1.82) is 0 Å². The van der Waals surface area contributed by atoms with E-state index in [1.165, 1.54) is 0 Å². The quantitative estimate of drug-likeness (QED) is 0.652. The van der Waals surface area contributed by atoms with Crippen LogP contribution in [0.25, 0.3) is 0 Å². The number of hydrogen-bond acceptors (Lipinski definition) is 1. The van der Waals surface area contributed by atoms with Crippen LogP contribution in [-0.4, -0.2) is 11.1 Å². The van der Waals surface area contributed by atoms with Gasteiger partial charge in [0.25, 0.3) is 0 Å². The van der Waals surface area contributed by atoms with Gasteiger partial charge in [-0.25, -0.2) is 0 Å². The largest absolute Gasteiger partial charge is 0.481 e. The predicted octanol–water partition coefficient (Wildman–Crippen LogP) is 2.29. The first-order valence-corrected chi connectivity index (χ1v) is 4.74. The van der Waals surface area contributed by atoms with Gasteiger partial charge in [0.15, 0.2) is 0 Å². The SMILES string of the molecule is CC12CCC(CC1)[C@@]2(C)C(=O)O. The molecule has 0 unspecified atom stereocenters. The van der Waals surface area contributed by atoms with E-state index in [4.69, 9.17) is 0 Å². The second-order valence-electron chi connectivity index (χ2n) is 4.84. The summed E-state index contributed by atoms with van der Waals surface area (Å²) in [6.07, 6.45) is 4.47. The Morgan fingerprint density at radius 1 is 1.33 bits per heavy atom. The number of carbonyl (C=O) groups is 1. The van der Waals surface area contributed by atoms with Gasteiger partial charge in [0, 0.05) is 0 Å². The molecule has 0 spiro atoms. The molecule has 0 aromatic carbocycles. The van der Waals surface area contributed by atoms with Crippen molar-refractivity contribution in [3.05, 3.63) is 0 Å². The number of rotatable bonds is 1. The molecule has 68 valence electrons. The lowest BCUT2D eigenvalue weighted by Gasteiger charge is -2.33. The van der Waals surface area contributed by atoms with Gasteiger partial charge < -0.3 is 5.11 Å². The van der Waals surface area contributed by atoms with E-state index in [2.05, 4.69) is 6.92 Å². The zero-order chi connectivity index (χ0) is 8.98. The van der Waals surface area contributed by atoms with Gasteiger partial charge in [-0.05, 0) is 43.9 Å². The first-order chi connectivity index (χ1) is 5.51. The summed E-state index contributed by atoms with van der Waals surface area (Å²) in [5.74, 6) is -0.134. The summed E-state index contributed by atoms with van der Waals surface area (Å²) in [5, 5.41) is 9.22. The zero-order valence-electron chi connectivity index (χ0n) is 7.76. The zero-order valence-corrected chi connectivity index (χ0v) is 7.76. The van der Waals surface area contributed by atoms with Gasteiger partial charge >= 0.3 is 5.97 Å². The van der Waals surface area contributed by atoms with E-state index >= 15 is 0 Å². The molecule has 0 amide bonds. The summed E-state index contributed by atoms with van der Waals surface area (Å²) < 4.78 is 0. The highest BCUT2D eigenvalue weighted by Crippen LogP contribution is 2.65. The third-order valence-corrected chi connectivity index (χ3v) is 4.60. The van der Waals surface area contributed by atoms with Gasteiger partial charge in [-0.15, -0.1) is 0 Å². The number of carboxylic acid groups (broad SMARTS) is 1. The molecule has 2 saturated carbocycles. The Hall–Kier alpha value is -0.530. The van der Waals surface area contributed by atoms with E-state index in [0.29, 0.717) is 5.92 Å². The molecule has 1 atom stereocenters. The molecule has 0 aliphatic heterocycles. The van der Waals surface area contributed by atoms with Crippen molar-refractivity contribution in [3.8, 4) is 0 Å². The maximum absolute atomic E-state index is 11.2. The van der Waals surface area contributed by atoms with Crippen LogP contribution in [-0.2, 0) is 4.79 Å². The van der Waals surface area contributed by atoms with Crippen LogP contribution in [0.15, 0.2) is 0 Å². The van der Waals surface area contributed by atoms with E-state index in [1.54, 1.807) is 0 Å². The van der Waals surface area contributed by atoms with Crippen molar-refractivity contribution in [2.75, 3.05) is 0 Å². The first-order valence-electron chi connectivity index (χ1n) is 4.74. The average molecular weight is 168 g/mol. The molecule has 12 heavy (non-hydrogen) atoms. The maximum Gasteiger partial charge on any atom is 0.310 e. The van der Waals surface area contributed by atoms with Crippen LogP contribution < -0.4 is 0 Å². The fourth-order valence-corrected chi connectivity index (χ4v) is 3.28. The highest BCUT2D eigenvalue weighted by Gasteiger charge is 2.63. The summed E-state index contributed by atoms with van der Waals surface area (Å²) >= 11 is 0. The summed E-state index contributed by atoms with van der Waals surface area (Å²) in [4.78, 5) is 11.2. The van der Waals surface area contributed by atoms with Crippen LogP contribution in [0.4, 0.5) is 0 Å². The lowest BCUT2D eigenvalue weighted by molar-refractivity contribution is -0.154. The van der Waals surface area contributed by atoms with Gasteiger partial charge in [-0.1, -0.05) is 6.92 Å². The lowest BCUT2D eigenvalue weighted by Crippen LogP contribution is -2.38. The molecule has 1 N–H and O–H groups in total. The van der Waals surface area contributed by atoms with Crippen molar-refractivity contribution in [2.45, 2.75) is 39.5 Å². The Morgan fingerprint density at radius 2 is 1.83 bits per heavy atom. The topological polar surface area (TPSA) is 37.3 Å². The summed E-state index contributed by atoms with van der Waals surface area (Å²) in [6.45, 7) is 4.09. The number of hydrogen-bond donors (Lipinski definition) is 1. The average Bonchev–Trinajstić information content (AvgIpc) is 2.40. The van der Waals surface area contributed by atoms with Crippen molar-refractivity contribution in [1.82, 2.24) is 0 Å². The van der Waals surface area contributed by atoms with Crippen LogP contribution in [0.3, 0.4) is 0 Å². The summed E-state index contributed by atoms with van der Waals surface area (Å²) in [7, 11) is 0. The number of carboxylic acids is 1. The highest BCUT2D eigenvalue weighted by molar-refractivity contribution is 5.77. The van der Waals surface area contributed by atoms with E-state index < -0.39 is 11.4 Å². The molecule has 2 fully saturated rings. The second-order valence-corrected chi connectivity index (χ2v) is 4.84. The van der Waals surface area contributed by atoms with Crippen molar-refractivity contribution in [3.63, 3.8) is 0 Å². The number of fused-ring (bicyclic) bond motifs is 2. The minimum absolute atomic E-state index is 0.0868. The molecule has 2 aliphatic carbocycles. The first kappa shape index (κ1) is 8.09. The minimum atomic E-state index is -0.579. The Labute approximate surface area is 73.0 Å². The third-order valence-electron chi connectivity index (χ3n) is 4.60. The van der Waals surface area contributed by atoms with Gasteiger partial charge in [-0.2, -0.15) is 0 Å². The van der Waals surface area contributed by atoms with Gasteiger partial charge in [0.05, 0.1) is 5.41 Å². The predicted molar refractivity (Wildman–Crippen MR) is 45.8 cm³/mol.